The zero-order chi connectivity index (χ0) is 17.4. The van der Waals surface area contributed by atoms with Gasteiger partial charge in [-0.25, -0.2) is 9.97 Å². The number of benzene rings is 1. The number of ether oxygens (including phenoxy) is 1. The number of hydrogen-bond acceptors (Lipinski definition) is 7. The lowest BCUT2D eigenvalue weighted by Gasteiger charge is -2.43. The highest BCUT2D eigenvalue weighted by Crippen LogP contribution is 2.31. The number of anilines is 1. The maximum absolute atomic E-state index is 11.0. The minimum atomic E-state index is -0.495. The Hall–Kier alpha value is -2.74. The minimum Gasteiger partial charge on any atom is -0.458 e. The number of hydrogen-bond donors (Lipinski definition) is 1. The summed E-state index contributed by atoms with van der Waals surface area (Å²) in [4.78, 5) is 21.5. The Morgan fingerprint density at radius 3 is 2.52 bits per heavy atom. The summed E-state index contributed by atoms with van der Waals surface area (Å²) in [6.07, 6.45) is 5.72. The van der Waals surface area contributed by atoms with Crippen molar-refractivity contribution in [1.29, 1.82) is 0 Å². The third-order valence-electron chi connectivity index (χ3n) is 5.04. The molecule has 0 saturated carbocycles. The van der Waals surface area contributed by atoms with Crippen LogP contribution < -0.4 is 10.5 Å². The Morgan fingerprint density at radius 2 is 1.92 bits per heavy atom. The Labute approximate surface area is 144 Å². The van der Waals surface area contributed by atoms with Crippen molar-refractivity contribution in [3.8, 4) is 17.1 Å². The van der Waals surface area contributed by atoms with E-state index in [1.807, 2.05) is 0 Å². The molecule has 1 atom stereocenters. The van der Waals surface area contributed by atoms with Crippen molar-refractivity contribution in [1.82, 2.24) is 14.9 Å². The predicted molar refractivity (Wildman–Crippen MR) is 92.1 cm³/mol. The molecule has 0 aliphatic carbocycles. The van der Waals surface area contributed by atoms with Crippen LogP contribution in [-0.4, -0.2) is 45.5 Å². The maximum atomic E-state index is 11.0. The van der Waals surface area contributed by atoms with Gasteiger partial charge in [0.25, 0.3) is 5.69 Å². The monoisotopic (exact) mass is 341 g/mol. The Balaban J connectivity index is 1.50. The summed E-state index contributed by atoms with van der Waals surface area (Å²) < 4.78 is 5.97. The summed E-state index contributed by atoms with van der Waals surface area (Å²) >= 11 is 0. The standard InChI is InChI=1S/C17H19N5O3/c18-14-2-1-12(7-15(14)22(23)24)13-8-19-17(20-9-13)25-16-10-21-5-3-11(16)4-6-21/h1-2,7-9,11,16H,3-6,10,18H2/t16-/m0/s1. The van der Waals surface area contributed by atoms with E-state index in [1.165, 1.54) is 12.1 Å². The molecule has 5 rings (SSSR count). The summed E-state index contributed by atoms with van der Waals surface area (Å²) in [6, 6.07) is 5.02. The number of nitrogens with two attached hydrogens (primary N) is 1. The van der Waals surface area contributed by atoms with Gasteiger partial charge in [0.05, 0.1) is 4.92 Å². The van der Waals surface area contributed by atoms with Crippen LogP contribution in [0.3, 0.4) is 0 Å². The van der Waals surface area contributed by atoms with E-state index in [2.05, 4.69) is 14.9 Å². The van der Waals surface area contributed by atoms with Crippen LogP contribution in [0.25, 0.3) is 11.1 Å². The fourth-order valence-electron chi connectivity index (χ4n) is 3.59. The Kier molecular flexibility index (Phi) is 3.96. The topological polar surface area (TPSA) is 107 Å². The van der Waals surface area contributed by atoms with Gasteiger partial charge in [-0.1, -0.05) is 6.07 Å². The smallest absolute Gasteiger partial charge is 0.316 e. The highest BCUT2D eigenvalue weighted by atomic mass is 16.6. The van der Waals surface area contributed by atoms with Crippen molar-refractivity contribution >= 4 is 11.4 Å². The number of piperidine rings is 3. The lowest BCUT2D eigenvalue weighted by atomic mass is 9.86. The molecule has 3 fully saturated rings. The second-order valence-corrected chi connectivity index (χ2v) is 6.58. The van der Waals surface area contributed by atoms with Crippen LogP contribution in [0.5, 0.6) is 6.01 Å². The normalized spacial score (nSPS) is 24.9. The highest BCUT2D eigenvalue weighted by molar-refractivity contribution is 5.71. The van der Waals surface area contributed by atoms with Crippen molar-refractivity contribution in [2.45, 2.75) is 18.9 Å². The molecule has 4 heterocycles. The van der Waals surface area contributed by atoms with E-state index in [-0.39, 0.29) is 17.5 Å². The number of aromatic nitrogens is 2. The van der Waals surface area contributed by atoms with Crippen LogP contribution >= 0.6 is 0 Å². The number of nitrogen functional groups attached to an aromatic ring is 1. The zero-order valence-corrected chi connectivity index (χ0v) is 13.7. The molecule has 2 N–H and O–H groups in total. The fourth-order valence-corrected chi connectivity index (χ4v) is 3.59. The van der Waals surface area contributed by atoms with Gasteiger partial charge in [0.2, 0.25) is 0 Å². The molecule has 25 heavy (non-hydrogen) atoms. The van der Waals surface area contributed by atoms with E-state index >= 15 is 0 Å². The number of rotatable bonds is 4. The SMILES string of the molecule is Nc1ccc(-c2cnc(O[C@H]3CN4CCC3CC4)nc2)cc1[N+](=O)[O-]. The molecular formula is C17H19N5O3. The van der Waals surface area contributed by atoms with Gasteiger partial charge in [0.15, 0.2) is 0 Å². The molecule has 3 aliphatic rings. The molecule has 130 valence electrons. The van der Waals surface area contributed by atoms with E-state index in [0.29, 0.717) is 23.1 Å². The fraction of sp³-hybridized carbons (Fsp3) is 0.412. The first-order chi connectivity index (χ1) is 12.1. The minimum absolute atomic E-state index is 0.120. The van der Waals surface area contributed by atoms with E-state index in [4.69, 9.17) is 10.5 Å². The van der Waals surface area contributed by atoms with Gasteiger partial charge in [-0.2, -0.15) is 0 Å². The van der Waals surface area contributed by atoms with Gasteiger partial charge in [-0.15, -0.1) is 0 Å². The van der Waals surface area contributed by atoms with Crippen LogP contribution in [0, 0.1) is 16.0 Å². The van der Waals surface area contributed by atoms with Crippen molar-refractivity contribution in [3.05, 3.63) is 40.7 Å². The van der Waals surface area contributed by atoms with E-state index in [9.17, 15) is 10.1 Å². The summed E-state index contributed by atoms with van der Waals surface area (Å²) in [5.41, 5.74) is 6.98. The van der Waals surface area contributed by atoms with E-state index in [1.54, 1.807) is 18.5 Å². The van der Waals surface area contributed by atoms with Gasteiger partial charge >= 0.3 is 6.01 Å². The average molecular weight is 341 g/mol. The third kappa shape index (κ3) is 3.12. The average Bonchev–Trinajstić information content (AvgIpc) is 2.64. The lowest BCUT2D eigenvalue weighted by molar-refractivity contribution is -0.383. The Morgan fingerprint density at radius 1 is 1.20 bits per heavy atom. The predicted octanol–water partition coefficient (Wildman–Crippen LogP) is 2.11. The van der Waals surface area contributed by atoms with Crippen LogP contribution in [0.15, 0.2) is 30.6 Å². The number of nitrogens with zero attached hydrogens (tertiary/aromatic N) is 4. The van der Waals surface area contributed by atoms with Crippen LogP contribution in [-0.2, 0) is 0 Å². The van der Waals surface area contributed by atoms with Crippen molar-refractivity contribution in [2.24, 2.45) is 5.92 Å². The van der Waals surface area contributed by atoms with Crippen LogP contribution in [0.2, 0.25) is 0 Å². The number of nitro benzene ring substituents is 1. The number of nitro groups is 1. The van der Waals surface area contributed by atoms with Gasteiger partial charge in [-0.3, -0.25) is 15.0 Å². The molecule has 0 radical (unpaired) electrons. The summed E-state index contributed by atoms with van der Waals surface area (Å²) in [6.45, 7) is 3.24. The molecule has 1 aromatic heterocycles. The molecule has 3 aliphatic heterocycles. The summed E-state index contributed by atoms with van der Waals surface area (Å²) in [5, 5.41) is 11.0. The zero-order valence-electron chi connectivity index (χ0n) is 13.7. The quantitative estimate of drug-likeness (QED) is 0.515. The molecular weight excluding hydrogens is 322 g/mol. The molecule has 0 unspecified atom stereocenters. The molecule has 1 aromatic carbocycles. The van der Waals surface area contributed by atoms with Gasteiger partial charge < -0.3 is 10.5 Å². The van der Waals surface area contributed by atoms with Gasteiger partial charge in [-0.05, 0) is 43.5 Å². The third-order valence-corrected chi connectivity index (χ3v) is 5.04. The second-order valence-electron chi connectivity index (χ2n) is 6.58. The molecule has 2 aromatic rings. The van der Waals surface area contributed by atoms with Crippen molar-refractivity contribution in [3.63, 3.8) is 0 Å². The first-order valence-electron chi connectivity index (χ1n) is 8.35. The summed E-state index contributed by atoms with van der Waals surface area (Å²) in [5.74, 6) is 0.577. The molecule has 8 heteroatoms. The molecule has 0 amide bonds. The molecule has 8 nitrogen and oxygen atoms in total. The summed E-state index contributed by atoms with van der Waals surface area (Å²) in [7, 11) is 0. The first-order valence-corrected chi connectivity index (χ1v) is 8.35. The van der Waals surface area contributed by atoms with Crippen LogP contribution in [0.4, 0.5) is 11.4 Å². The molecule has 2 bridgehead atoms. The van der Waals surface area contributed by atoms with E-state index < -0.39 is 4.92 Å². The van der Waals surface area contributed by atoms with E-state index in [0.717, 1.165) is 32.5 Å². The van der Waals surface area contributed by atoms with Crippen molar-refractivity contribution < 1.29 is 9.66 Å². The first kappa shape index (κ1) is 15.8. The molecule has 3 saturated heterocycles. The number of fused-ring (bicyclic) bond motifs is 3. The second kappa shape index (κ2) is 6.29. The Bertz CT molecular complexity index is 787. The van der Waals surface area contributed by atoms with Crippen molar-refractivity contribution in [2.75, 3.05) is 25.4 Å². The largest absolute Gasteiger partial charge is 0.458 e. The van der Waals surface area contributed by atoms with Gasteiger partial charge in [0, 0.05) is 30.6 Å². The van der Waals surface area contributed by atoms with Gasteiger partial charge in [0.1, 0.15) is 11.8 Å². The highest BCUT2D eigenvalue weighted by Gasteiger charge is 2.35. The van der Waals surface area contributed by atoms with Crippen LogP contribution in [0.1, 0.15) is 12.8 Å². The molecule has 0 spiro atoms. The maximum Gasteiger partial charge on any atom is 0.316 e. The lowest BCUT2D eigenvalue weighted by Crippen LogP contribution is -2.52.